The number of carbonyl (C=O) groups excluding carboxylic acids is 3. The Hall–Kier alpha value is -3.55. The van der Waals surface area contributed by atoms with E-state index < -0.39 is 18.5 Å². The van der Waals surface area contributed by atoms with Crippen molar-refractivity contribution in [1.29, 1.82) is 0 Å². The molecule has 0 atom stereocenters. The zero-order chi connectivity index (χ0) is 19.9. The number of Topliss-reactive ketones (excluding diaryl/α,β-unsaturated/α-hetero) is 1. The number of carbonyl (C=O) groups is 3. The first-order valence-corrected chi connectivity index (χ1v) is 8.66. The highest BCUT2D eigenvalue weighted by atomic mass is 16.7. The topological polar surface area (TPSA) is 100 Å². The summed E-state index contributed by atoms with van der Waals surface area (Å²) in [6.07, 6.45) is 0.418. The van der Waals surface area contributed by atoms with Gasteiger partial charge < -0.3 is 24.3 Å². The molecule has 0 spiro atoms. The van der Waals surface area contributed by atoms with Crippen molar-refractivity contribution in [3.05, 3.63) is 48.0 Å². The van der Waals surface area contributed by atoms with Crippen LogP contribution in [0.2, 0.25) is 0 Å². The van der Waals surface area contributed by atoms with Gasteiger partial charge in [-0.3, -0.25) is 9.59 Å². The van der Waals surface area contributed by atoms with E-state index in [0.29, 0.717) is 34.9 Å². The third kappa shape index (κ3) is 5.00. The monoisotopic (exact) mass is 385 g/mol. The fourth-order valence-corrected chi connectivity index (χ4v) is 2.44. The minimum Gasteiger partial charge on any atom is -0.482 e. The summed E-state index contributed by atoms with van der Waals surface area (Å²) >= 11 is 0. The lowest BCUT2D eigenvalue weighted by molar-refractivity contribution is -0.149. The number of nitrogens with one attached hydrogen (secondary N) is 1. The molecule has 1 aliphatic rings. The van der Waals surface area contributed by atoms with Gasteiger partial charge in [0.15, 0.2) is 30.5 Å². The van der Waals surface area contributed by atoms with E-state index in [0.717, 1.165) is 0 Å². The summed E-state index contributed by atoms with van der Waals surface area (Å²) in [5.41, 5.74) is 1.08. The quantitative estimate of drug-likeness (QED) is 0.551. The van der Waals surface area contributed by atoms with Gasteiger partial charge in [0, 0.05) is 23.7 Å². The summed E-state index contributed by atoms with van der Waals surface area (Å²) in [4.78, 5) is 35.2. The maximum atomic E-state index is 11.9. The summed E-state index contributed by atoms with van der Waals surface area (Å²) in [7, 11) is 0. The van der Waals surface area contributed by atoms with Gasteiger partial charge in [0.25, 0.3) is 5.91 Å². The number of ketones is 1. The van der Waals surface area contributed by atoms with Crippen molar-refractivity contribution in [2.45, 2.75) is 13.3 Å². The molecule has 1 amide bonds. The van der Waals surface area contributed by atoms with Gasteiger partial charge in [-0.25, -0.2) is 4.79 Å². The Morgan fingerprint density at radius 1 is 1.00 bits per heavy atom. The van der Waals surface area contributed by atoms with E-state index >= 15 is 0 Å². The van der Waals surface area contributed by atoms with Crippen LogP contribution in [0.25, 0.3) is 0 Å². The molecular weight excluding hydrogens is 366 g/mol. The number of amides is 1. The highest BCUT2D eigenvalue weighted by molar-refractivity contribution is 5.96. The zero-order valence-electron chi connectivity index (χ0n) is 15.2. The van der Waals surface area contributed by atoms with E-state index in [1.165, 1.54) is 0 Å². The predicted octanol–water partition coefficient (Wildman–Crippen LogP) is 2.57. The van der Waals surface area contributed by atoms with E-state index in [1.807, 2.05) is 0 Å². The van der Waals surface area contributed by atoms with Crippen LogP contribution in [-0.4, -0.2) is 37.7 Å². The lowest BCUT2D eigenvalue weighted by Crippen LogP contribution is -2.23. The van der Waals surface area contributed by atoms with E-state index in [4.69, 9.17) is 18.9 Å². The molecule has 2 aromatic rings. The number of ether oxygens (including phenoxy) is 4. The van der Waals surface area contributed by atoms with Gasteiger partial charge in [0.05, 0.1) is 0 Å². The first kappa shape index (κ1) is 19.2. The summed E-state index contributed by atoms with van der Waals surface area (Å²) in [5, 5.41) is 2.60. The second-order valence-electron chi connectivity index (χ2n) is 5.87. The molecule has 0 saturated carbocycles. The van der Waals surface area contributed by atoms with Crippen LogP contribution in [0.1, 0.15) is 23.7 Å². The van der Waals surface area contributed by atoms with Crippen LogP contribution >= 0.6 is 0 Å². The number of fused-ring (bicyclic) bond motifs is 1. The van der Waals surface area contributed by atoms with Crippen LogP contribution in [0.15, 0.2) is 42.5 Å². The van der Waals surface area contributed by atoms with Crippen LogP contribution in [0.3, 0.4) is 0 Å². The van der Waals surface area contributed by atoms with Crippen molar-refractivity contribution in [2.75, 3.05) is 25.3 Å². The maximum absolute atomic E-state index is 11.9. The van der Waals surface area contributed by atoms with Crippen molar-refractivity contribution in [1.82, 2.24) is 0 Å². The standard InChI is InChI=1S/C20H19NO7/c1-2-16(22)13-3-6-15(7-4-13)25-11-20(24)26-10-19(23)21-14-5-8-17-18(9-14)28-12-27-17/h3-9H,2,10-12H2,1H3,(H,21,23). The van der Waals surface area contributed by atoms with Crippen molar-refractivity contribution in [3.63, 3.8) is 0 Å². The lowest BCUT2D eigenvalue weighted by atomic mass is 10.1. The third-order valence-electron chi connectivity index (χ3n) is 3.87. The van der Waals surface area contributed by atoms with Crippen LogP contribution in [-0.2, 0) is 14.3 Å². The number of esters is 1. The van der Waals surface area contributed by atoms with Gasteiger partial charge in [0.2, 0.25) is 6.79 Å². The normalized spacial score (nSPS) is 11.6. The van der Waals surface area contributed by atoms with Gasteiger partial charge in [-0.15, -0.1) is 0 Å². The van der Waals surface area contributed by atoms with Gasteiger partial charge >= 0.3 is 5.97 Å². The number of rotatable bonds is 8. The van der Waals surface area contributed by atoms with E-state index in [1.54, 1.807) is 49.4 Å². The summed E-state index contributed by atoms with van der Waals surface area (Å²) in [6.45, 7) is 1.13. The molecule has 0 aromatic heterocycles. The number of benzene rings is 2. The van der Waals surface area contributed by atoms with Gasteiger partial charge in [-0.2, -0.15) is 0 Å². The van der Waals surface area contributed by atoms with Crippen LogP contribution in [0.5, 0.6) is 17.2 Å². The molecule has 2 aromatic carbocycles. The molecule has 1 aliphatic heterocycles. The van der Waals surface area contributed by atoms with Crippen molar-refractivity contribution in [3.8, 4) is 17.2 Å². The first-order valence-electron chi connectivity index (χ1n) is 8.66. The molecule has 0 unspecified atom stereocenters. The van der Waals surface area contributed by atoms with E-state index in [2.05, 4.69) is 5.32 Å². The van der Waals surface area contributed by atoms with Crippen LogP contribution in [0.4, 0.5) is 5.69 Å². The molecule has 3 rings (SSSR count). The molecule has 0 fully saturated rings. The Kier molecular flexibility index (Phi) is 6.11. The molecule has 0 radical (unpaired) electrons. The van der Waals surface area contributed by atoms with Crippen LogP contribution < -0.4 is 19.5 Å². The Morgan fingerprint density at radius 3 is 2.50 bits per heavy atom. The average Bonchev–Trinajstić information content (AvgIpc) is 3.18. The largest absolute Gasteiger partial charge is 0.482 e. The van der Waals surface area contributed by atoms with Gasteiger partial charge in [0.1, 0.15) is 5.75 Å². The molecule has 1 N–H and O–H groups in total. The summed E-state index contributed by atoms with van der Waals surface area (Å²) in [6, 6.07) is 11.4. The van der Waals surface area contributed by atoms with Gasteiger partial charge in [-0.05, 0) is 36.4 Å². The molecular formula is C20H19NO7. The van der Waals surface area contributed by atoms with E-state index in [-0.39, 0.29) is 19.2 Å². The Morgan fingerprint density at radius 2 is 1.75 bits per heavy atom. The predicted molar refractivity (Wildman–Crippen MR) is 98.7 cm³/mol. The Balaban J connectivity index is 1.40. The third-order valence-corrected chi connectivity index (χ3v) is 3.87. The molecule has 28 heavy (non-hydrogen) atoms. The summed E-state index contributed by atoms with van der Waals surface area (Å²) in [5.74, 6) is 0.418. The molecule has 0 saturated heterocycles. The smallest absolute Gasteiger partial charge is 0.344 e. The molecule has 8 heteroatoms. The second-order valence-corrected chi connectivity index (χ2v) is 5.87. The minimum absolute atomic E-state index is 0.0273. The zero-order valence-corrected chi connectivity index (χ0v) is 15.2. The fourth-order valence-electron chi connectivity index (χ4n) is 2.44. The van der Waals surface area contributed by atoms with Crippen molar-refractivity contribution >= 4 is 23.3 Å². The van der Waals surface area contributed by atoms with Gasteiger partial charge in [-0.1, -0.05) is 6.92 Å². The fraction of sp³-hybridized carbons (Fsp3) is 0.250. The average molecular weight is 385 g/mol. The minimum atomic E-state index is -0.686. The molecule has 0 aliphatic carbocycles. The highest BCUT2D eigenvalue weighted by Gasteiger charge is 2.15. The Bertz CT molecular complexity index is 877. The van der Waals surface area contributed by atoms with Crippen molar-refractivity contribution < 1.29 is 33.3 Å². The second kappa shape index (κ2) is 8.90. The maximum Gasteiger partial charge on any atom is 0.344 e. The lowest BCUT2D eigenvalue weighted by Gasteiger charge is -2.08. The first-order chi connectivity index (χ1) is 13.5. The van der Waals surface area contributed by atoms with Crippen molar-refractivity contribution in [2.24, 2.45) is 0 Å². The SMILES string of the molecule is CCC(=O)c1ccc(OCC(=O)OCC(=O)Nc2ccc3c(c2)OCO3)cc1. The molecule has 0 bridgehead atoms. The highest BCUT2D eigenvalue weighted by Crippen LogP contribution is 2.34. The van der Waals surface area contributed by atoms with Crippen LogP contribution in [0, 0.1) is 0 Å². The molecule has 1 heterocycles. The number of hydrogen-bond acceptors (Lipinski definition) is 7. The number of anilines is 1. The Labute approximate surface area is 161 Å². The summed E-state index contributed by atoms with van der Waals surface area (Å²) < 4.78 is 20.6. The molecule has 146 valence electrons. The van der Waals surface area contributed by atoms with E-state index in [9.17, 15) is 14.4 Å². The molecule has 8 nitrogen and oxygen atoms in total. The number of hydrogen-bond donors (Lipinski definition) is 1.